The van der Waals surface area contributed by atoms with Gasteiger partial charge >= 0.3 is 6.18 Å². The van der Waals surface area contributed by atoms with E-state index in [9.17, 15) is 13.2 Å². The molecule has 0 spiro atoms. The van der Waals surface area contributed by atoms with E-state index >= 15 is 0 Å². The van der Waals surface area contributed by atoms with Gasteiger partial charge in [-0.3, -0.25) is 4.99 Å². The van der Waals surface area contributed by atoms with E-state index in [2.05, 4.69) is 9.98 Å². The topological polar surface area (TPSA) is 24.7 Å². The Bertz CT molecular complexity index is 713. The lowest BCUT2D eigenvalue weighted by atomic mass is 10.1. The van der Waals surface area contributed by atoms with Crippen LogP contribution in [0.2, 0.25) is 0 Å². The van der Waals surface area contributed by atoms with Gasteiger partial charge in [-0.1, -0.05) is 30.3 Å². The number of hydrogen-bond acceptors (Lipinski definition) is 2. The van der Waals surface area contributed by atoms with Crippen LogP contribution >= 0.6 is 0 Å². The predicted molar refractivity (Wildman–Crippen MR) is 76.3 cm³/mol. The number of para-hydroxylation sites is 1. The number of fused-ring (bicyclic) bond motifs is 1. The quantitative estimate of drug-likeness (QED) is 0.742. The Balaban J connectivity index is 1.99. The first-order chi connectivity index (χ1) is 10.0. The molecule has 0 aromatic heterocycles. The molecule has 0 unspecified atom stereocenters. The SMILES string of the molecule is FC(F)(F)c1ccc(C2=Nc3ccccc3CN=C2)cc1. The zero-order chi connectivity index (χ0) is 14.9. The van der Waals surface area contributed by atoms with E-state index in [0.717, 1.165) is 23.4 Å². The van der Waals surface area contributed by atoms with Gasteiger partial charge in [-0.2, -0.15) is 13.2 Å². The second-order valence-electron chi connectivity index (χ2n) is 4.67. The Morgan fingerprint density at radius 1 is 0.905 bits per heavy atom. The molecule has 1 aliphatic heterocycles. The van der Waals surface area contributed by atoms with Gasteiger partial charge in [-0.05, 0) is 23.8 Å². The van der Waals surface area contributed by atoms with Crippen molar-refractivity contribution in [2.75, 3.05) is 0 Å². The molecule has 0 saturated heterocycles. The largest absolute Gasteiger partial charge is 0.416 e. The van der Waals surface area contributed by atoms with E-state index in [0.29, 0.717) is 17.8 Å². The molecule has 0 fully saturated rings. The molecule has 5 heteroatoms. The summed E-state index contributed by atoms with van der Waals surface area (Å²) in [6, 6.07) is 12.5. The van der Waals surface area contributed by atoms with Gasteiger partial charge in [0.15, 0.2) is 0 Å². The smallest absolute Gasteiger partial charge is 0.286 e. The van der Waals surface area contributed by atoms with Crippen molar-refractivity contribution in [1.82, 2.24) is 0 Å². The van der Waals surface area contributed by atoms with Gasteiger partial charge in [0.05, 0.1) is 23.5 Å². The van der Waals surface area contributed by atoms with Crippen molar-refractivity contribution in [3.63, 3.8) is 0 Å². The molecule has 0 radical (unpaired) electrons. The minimum atomic E-state index is -4.33. The highest BCUT2D eigenvalue weighted by Crippen LogP contribution is 2.29. The minimum absolute atomic E-state index is 0.518. The normalized spacial score (nSPS) is 14.3. The lowest BCUT2D eigenvalue weighted by Crippen LogP contribution is -2.07. The molecule has 0 aliphatic carbocycles. The van der Waals surface area contributed by atoms with Crippen LogP contribution in [0.3, 0.4) is 0 Å². The fourth-order valence-corrected chi connectivity index (χ4v) is 2.11. The number of nitrogens with zero attached hydrogens (tertiary/aromatic N) is 2. The first-order valence-electron chi connectivity index (χ1n) is 6.38. The summed E-state index contributed by atoms with van der Waals surface area (Å²) in [5.41, 5.74) is 2.30. The predicted octanol–water partition coefficient (Wildman–Crippen LogP) is 4.41. The van der Waals surface area contributed by atoms with Gasteiger partial charge in [0.2, 0.25) is 0 Å². The van der Waals surface area contributed by atoms with E-state index in [-0.39, 0.29) is 0 Å². The van der Waals surface area contributed by atoms with E-state index in [4.69, 9.17) is 0 Å². The number of hydrogen-bond donors (Lipinski definition) is 0. The monoisotopic (exact) mass is 288 g/mol. The van der Waals surface area contributed by atoms with Crippen LogP contribution in [0.4, 0.5) is 18.9 Å². The van der Waals surface area contributed by atoms with E-state index < -0.39 is 11.7 Å². The van der Waals surface area contributed by atoms with Crippen molar-refractivity contribution in [3.05, 3.63) is 65.2 Å². The zero-order valence-corrected chi connectivity index (χ0v) is 10.9. The summed E-state index contributed by atoms with van der Waals surface area (Å²) in [4.78, 5) is 8.75. The standard InChI is InChI=1S/C16H11F3N2/c17-16(18,19)13-7-5-11(6-8-13)15-10-20-9-12-3-1-2-4-14(12)21-15/h1-8,10H,9H2. The summed E-state index contributed by atoms with van der Waals surface area (Å²) in [6.07, 6.45) is -2.73. The van der Waals surface area contributed by atoms with Crippen molar-refractivity contribution in [2.45, 2.75) is 12.7 Å². The van der Waals surface area contributed by atoms with Gasteiger partial charge in [0, 0.05) is 11.8 Å². The number of rotatable bonds is 1. The van der Waals surface area contributed by atoms with Gasteiger partial charge in [-0.25, -0.2) is 4.99 Å². The lowest BCUT2D eigenvalue weighted by molar-refractivity contribution is -0.137. The second-order valence-corrected chi connectivity index (χ2v) is 4.67. The summed E-state index contributed by atoms with van der Waals surface area (Å²) < 4.78 is 37.7. The van der Waals surface area contributed by atoms with Crippen molar-refractivity contribution >= 4 is 17.6 Å². The molecule has 1 aliphatic rings. The summed E-state index contributed by atoms with van der Waals surface area (Å²) in [7, 11) is 0. The van der Waals surface area contributed by atoms with Crippen molar-refractivity contribution in [3.8, 4) is 0 Å². The average Bonchev–Trinajstić information content (AvgIpc) is 2.68. The van der Waals surface area contributed by atoms with Crippen LogP contribution in [0.5, 0.6) is 0 Å². The fraction of sp³-hybridized carbons (Fsp3) is 0.125. The zero-order valence-electron chi connectivity index (χ0n) is 10.9. The highest BCUT2D eigenvalue weighted by atomic mass is 19.4. The van der Waals surface area contributed by atoms with Gasteiger partial charge in [0.25, 0.3) is 0 Å². The highest BCUT2D eigenvalue weighted by Gasteiger charge is 2.30. The molecule has 106 valence electrons. The van der Waals surface area contributed by atoms with Gasteiger partial charge in [0.1, 0.15) is 0 Å². The maximum Gasteiger partial charge on any atom is 0.416 e. The Morgan fingerprint density at radius 2 is 1.62 bits per heavy atom. The van der Waals surface area contributed by atoms with E-state index in [1.807, 2.05) is 24.3 Å². The third-order valence-corrected chi connectivity index (χ3v) is 3.22. The number of halogens is 3. The number of alkyl halides is 3. The van der Waals surface area contributed by atoms with Crippen molar-refractivity contribution < 1.29 is 13.2 Å². The molecule has 0 atom stereocenters. The first kappa shape index (κ1) is 13.5. The van der Waals surface area contributed by atoms with Gasteiger partial charge < -0.3 is 0 Å². The van der Waals surface area contributed by atoms with Crippen LogP contribution in [0.25, 0.3) is 0 Å². The fourth-order valence-electron chi connectivity index (χ4n) is 2.11. The molecule has 0 N–H and O–H groups in total. The third kappa shape index (κ3) is 2.86. The Hall–Kier alpha value is -2.43. The molecular formula is C16H11F3N2. The first-order valence-corrected chi connectivity index (χ1v) is 6.38. The molecule has 1 heterocycles. The summed E-state index contributed by atoms with van der Waals surface area (Å²) in [6.45, 7) is 0.518. The van der Waals surface area contributed by atoms with Crippen LogP contribution in [0.1, 0.15) is 16.7 Å². The van der Waals surface area contributed by atoms with Crippen LogP contribution in [0, 0.1) is 0 Å². The molecule has 3 rings (SSSR count). The lowest BCUT2D eigenvalue weighted by Gasteiger charge is -2.07. The summed E-state index contributed by atoms with van der Waals surface area (Å²) >= 11 is 0. The van der Waals surface area contributed by atoms with Crippen LogP contribution in [-0.2, 0) is 12.7 Å². The van der Waals surface area contributed by atoms with Gasteiger partial charge in [-0.15, -0.1) is 0 Å². The minimum Gasteiger partial charge on any atom is -0.286 e. The van der Waals surface area contributed by atoms with Crippen LogP contribution < -0.4 is 0 Å². The molecule has 2 nitrogen and oxygen atoms in total. The van der Waals surface area contributed by atoms with E-state index in [1.54, 1.807) is 6.21 Å². The average molecular weight is 288 g/mol. The summed E-state index contributed by atoms with van der Waals surface area (Å²) in [5, 5.41) is 0. The highest BCUT2D eigenvalue weighted by molar-refractivity contribution is 6.39. The molecule has 2 aromatic carbocycles. The number of benzene rings is 2. The molecule has 0 amide bonds. The van der Waals surface area contributed by atoms with Crippen LogP contribution in [-0.4, -0.2) is 11.9 Å². The number of aliphatic imine (C=N–C) groups is 2. The Kier molecular flexibility index (Phi) is 3.33. The van der Waals surface area contributed by atoms with Crippen LogP contribution in [0.15, 0.2) is 58.5 Å². The molecule has 0 bridgehead atoms. The molecule has 2 aromatic rings. The maximum atomic E-state index is 12.6. The second kappa shape index (κ2) is 5.16. The van der Waals surface area contributed by atoms with Crippen molar-refractivity contribution in [2.24, 2.45) is 9.98 Å². The third-order valence-electron chi connectivity index (χ3n) is 3.22. The Labute approximate surface area is 119 Å². The summed E-state index contributed by atoms with van der Waals surface area (Å²) in [5.74, 6) is 0. The van der Waals surface area contributed by atoms with Crippen molar-refractivity contribution in [1.29, 1.82) is 0 Å². The molecule has 0 saturated carbocycles. The maximum absolute atomic E-state index is 12.6. The molecular weight excluding hydrogens is 277 g/mol. The molecule has 21 heavy (non-hydrogen) atoms. The Morgan fingerprint density at radius 3 is 2.33 bits per heavy atom. The van der Waals surface area contributed by atoms with E-state index in [1.165, 1.54) is 12.1 Å².